The summed E-state index contributed by atoms with van der Waals surface area (Å²) in [6.45, 7) is 5.80. The number of halogens is 1. The number of hydrogen-bond donors (Lipinski definition) is 3. The third kappa shape index (κ3) is 4.50. The van der Waals surface area contributed by atoms with Gasteiger partial charge in [0.2, 0.25) is 10.0 Å². The zero-order valence-corrected chi connectivity index (χ0v) is 16.7. The highest BCUT2D eigenvalue weighted by atomic mass is 35.5. The fourth-order valence-corrected chi connectivity index (χ4v) is 4.21. The topological polar surface area (TPSA) is 140 Å². The number of aryl methyl sites for hydroxylation is 1. The number of rotatable bonds is 6. The van der Waals surface area contributed by atoms with Crippen molar-refractivity contribution in [1.29, 1.82) is 0 Å². The van der Waals surface area contributed by atoms with Crippen LogP contribution in [0.1, 0.15) is 27.2 Å². The van der Waals surface area contributed by atoms with E-state index in [0.29, 0.717) is 6.42 Å². The molecule has 0 aliphatic heterocycles. The predicted octanol–water partition coefficient (Wildman–Crippen LogP) is 0.0854. The van der Waals surface area contributed by atoms with E-state index in [9.17, 15) is 18.0 Å². The van der Waals surface area contributed by atoms with Crippen LogP contribution in [0, 0.1) is 5.92 Å². The number of aromatic amines is 1. The Kier molecular flexibility index (Phi) is 6.74. The highest BCUT2D eigenvalue weighted by Gasteiger charge is 2.30. The van der Waals surface area contributed by atoms with Gasteiger partial charge in [0.05, 0.1) is 5.39 Å². The summed E-state index contributed by atoms with van der Waals surface area (Å²) in [7, 11) is -2.50. The molecule has 4 N–H and O–H groups in total. The number of nitrogens with two attached hydrogens (primary N) is 1. The molecule has 26 heavy (non-hydrogen) atoms. The van der Waals surface area contributed by atoms with Gasteiger partial charge in [-0.05, 0) is 25.3 Å². The fraction of sp³-hybridized carbons (Fsp3) is 0.533. The first-order valence-corrected chi connectivity index (χ1v) is 9.30. The third-order valence-electron chi connectivity index (χ3n) is 3.93. The van der Waals surface area contributed by atoms with Crippen molar-refractivity contribution in [3.63, 3.8) is 0 Å². The summed E-state index contributed by atoms with van der Waals surface area (Å²) in [5.41, 5.74) is 3.73. The fourth-order valence-electron chi connectivity index (χ4n) is 2.82. The van der Waals surface area contributed by atoms with Gasteiger partial charge in [-0.3, -0.25) is 14.3 Å². The molecule has 11 heteroatoms. The van der Waals surface area contributed by atoms with Crippen LogP contribution in [0.4, 0.5) is 0 Å². The Morgan fingerprint density at radius 1 is 1.38 bits per heavy atom. The first-order chi connectivity index (χ1) is 11.5. The summed E-state index contributed by atoms with van der Waals surface area (Å²) < 4.78 is 29.2. The molecule has 0 aliphatic rings. The lowest BCUT2D eigenvalue weighted by Crippen LogP contribution is -2.52. The van der Waals surface area contributed by atoms with E-state index in [1.807, 2.05) is 13.8 Å². The summed E-state index contributed by atoms with van der Waals surface area (Å²) >= 11 is 0. The van der Waals surface area contributed by atoms with Crippen molar-refractivity contribution in [2.45, 2.75) is 37.6 Å². The van der Waals surface area contributed by atoms with Crippen LogP contribution in [0.15, 0.2) is 26.7 Å². The summed E-state index contributed by atoms with van der Waals surface area (Å²) in [6.07, 6.45) is 1.68. The molecule has 2 rings (SSSR count). The van der Waals surface area contributed by atoms with Crippen LogP contribution in [0.5, 0.6) is 0 Å². The summed E-state index contributed by atoms with van der Waals surface area (Å²) in [5.74, 6) is 0.239. The molecule has 1 atom stereocenters. The van der Waals surface area contributed by atoms with Crippen molar-refractivity contribution >= 4 is 33.5 Å². The second kappa shape index (κ2) is 7.87. The molecule has 0 radical (unpaired) electrons. The molecule has 2 aromatic rings. The molecule has 2 heterocycles. The van der Waals surface area contributed by atoms with Crippen LogP contribution in [-0.4, -0.2) is 35.0 Å². The van der Waals surface area contributed by atoms with Crippen LogP contribution in [-0.2, 0) is 17.1 Å². The summed E-state index contributed by atoms with van der Waals surface area (Å²) in [5, 5.41) is 0.0169. The largest absolute Gasteiger partial charge is 0.329 e. The summed E-state index contributed by atoms with van der Waals surface area (Å²) in [6, 6.07) is 1.20. The van der Waals surface area contributed by atoms with E-state index < -0.39 is 26.8 Å². The Morgan fingerprint density at radius 3 is 2.54 bits per heavy atom. The Balaban J connectivity index is 0.00000338. The molecule has 0 fully saturated rings. The van der Waals surface area contributed by atoms with Crippen LogP contribution in [0.2, 0.25) is 0 Å². The molecular formula is C15H24ClN5O4S. The SMILES string of the molecule is CC(C)CC(C)(CN)NS(=O)(=O)c1cnc2c(c1)c(=O)[nH]c(=O)n2C.Cl. The van der Waals surface area contributed by atoms with Gasteiger partial charge >= 0.3 is 5.69 Å². The van der Waals surface area contributed by atoms with Crippen LogP contribution >= 0.6 is 12.4 Å². The molecular weight excluding hydrogens is 382 g/mol. The van der Waals surface area contributed by atoms with Crippen molar-refractivity contribution in [1.82, 2.24) is 19.3 Å². The zero-order chi connectivity index (χ0) is 19.0. The normalized spacial score (nSPS) is 14.2. The molecule has 0 saturated carbocycles. The van der Waals surface area contributed by atoms with E-state index in [1.54, 1.807) is 6.92 Å². The van der Waals surface area contributed by atoms with Gasteiger partial charge in [-0.2, -0.15) is 0 Å². The van der Waals surface area contributed by atoms with E-state index in [-0.39, 0.29) is 40.8 Å². The molecule has 146 valence electrons. The Morgan fingerprint density at radius 2 is 2.00 bits per heavy atom. The van der Waals surface area contributed by atoms with E-state index in [4.69, 9.17) is 5.73 Å². The minimum absolute atomic E-state index is 0. The van der Waals surface area contributed by atoms with E-state index in [2.05, 4.69) is 14.7 Å². The molecule has 1 unspecified atom stereocenters. The third-order valence-corrected chi connectivity index (χ3v) is 5.53. The maximum absolute atomic E-state index is 12.7. The summed E-state index contributed by atoms with van der Waals surface area (Å²) in [4.78, 5) is 29.5. The molecule has 0 aromatic carbocycles. The average molecular weight is 406 g/mol. The van der Waals surface area contributed by atoms with Crippen LogP contribution in [0.3, 0.4) is 0 Å². The number of aromatic nitrogens is 3. The van der Waals surface area contributed by atoms with Gasteiger partial charge < -0.3 is 5.73 Å². The van der Waals surface area contributed by atoms with Gasteiger partial charge in [0, 0.05) is 25.3 Å². The average Bonchev–Trinajstić information content (AvgIpc) is 2.51. The number of nitrogens with zero attached hydrogens (tertiary/aromatic N) is 2. The van der Waals surface area contributed by atoms with E-state index in [1.165, 1.54) is 13.1 Å². The molecule has 2 aromatic heterocycles. The Bertz CT molecular complexity index is 1010. The highest BCUT2D eigenvalue weighted by molar-refractivity contribution is 7.89. The van der Waals surface area contributed by atoms with Gasteiger partial charge in [-0.15, -0.1) is 12.4 Å². The Labute approximate surface area is 157 Å². The van der Waals surface area contributed by atoms with Crippen molar-refractivity contribution in [3.8, 4) is 0 Å². The number of nitrogens with one attached hydrogen (secondary N) is 2. The standard InChI is InChI=1S/C15H23N5O4S.ClH/c1-9(2)6-15(3,8-16)19-25(23,24)10-5-11-12(17-7-10)20(4)14(22)18-13(11)21;/h5,7,9,19H,6,8,16H2,1-4H3,(H,18,21,22);1H. The predicted molar refractivity (Wildman–Crippen MR) is 102 cm³/mol. The number of fused-ring (bicyclic) bond motifs is 1. The van der Waals surface area contributed by atoms with E-state index >= 15 is 0 Å². The maximum atomic E-state index is 12.7. The minimum atomic E-state index is -3.94. The van der Waals surface area contributed by atoms with Crippen LogP contribution < -0.4 is 21.7 Å². The molecule has 0 saturated heterocycles. The quantitative estimate of drug-likeness (QED) is 0.621. The second-order valence-corrected chi connectivity index (χ2v) is 8.51. The lowest BCUT2D eigenvalue weighted by Gasteiger charge is -2.30. The highest BCUT2D eigenvalue weighted by Crippen LogP contribution is 2.20. The number of pyridine rings is 1. The molecule has 0 aliphatic carbocycles. The number of H-pyrrole nitrogens is 1. The van der Waals surface area contributed by atoms with Crippen molar-refractivity contribution in [3.05, 3.63) is 33.1 Å². The van der Waals surface area contributed by atoms with Crippen LogP contribution in [0.25, 0.3) is 11.0 Å². The van der Waals surface area contributed by atoms with Gasteiger partial charge in [0.15, 0.2) is 0 Å². The molecule has 9 nitrogen and oxygen atoms in total. The minimum Gasteiger partial charge on any atom is -0.329 e. The van der Waals surface area contributed by atoms with E-state index in [0.717, 1.165) is 10.8 Å². The Hall–Kier alpha value is -1.75. The number of hydrogen-bond acceptors (Lipinski definition) is 6. The second-order valence-electron chi connectivity index (χ2n) is 6.83. The molecule has 0 amide bonds. The first-order valence-electron chi connectivity index (χ1n) is 7.82. The molecule has 0 spiro atoms. The smallest absolute Gasteiger partial charge is 0.329 e. The molecule has 0 bridgehead atoms. The van der Waals surface area contributed by atoms with Gasteiger partial charge in [-0.25, -0.2) is 22.9 Å². The van der Waals surface area contributed by atoms with Gasteiger partial charge in [-0.1, -0.05) is 13.8 Å². The number of sulfonamides is 1. The monoisotopic (exact) mass is 405 g/mol. The van der Waals surface area contributed by atoms with Crippen molar-refractivity contribution < 1.29 is 8.42 Å². The van der Waals surface area contributed by atoms with Crippen molar-refractivity contribution in [2.75, 3.05) is 6.54 Å². The lowest BCUT2D eigenvalue weighted by atomic mass is 9.92. The first kappa shape index (κ1) is 22.3. The van der Waals surface area contributed by atoms with Crippen molar-refractivity contribution in [2.24, 2.45) is 18.7 Å². The lowest BCUT2D eigenvalue weighted by molar-refractivity contribution is 0.344. The van der Waals surface area contributed by atoms with Gasteiger partial charge in [0.1, 0.15) is 10.5 Å². The zero-order valence-electron chi connectivity index (χ0n) is 15.1. The maximum Gasteiger partial charge on any atom is 0.329 e. The van der Waals surface area contributed by atoms with Gasteiger partial charge in [0.25, 0.3) is 5.56 Å².